The zero-order valence-electron chi connectivity index (χ0n) is 21.0. The molecule has 0 aromatic heterocycles. The van der Waals surface area contributed by atoms with Gasteiger partial charge in [0.1, 0.15) is 0 Å². The number of aliphatic hydroxyl groups is 1. The van der Waals surface area contributed by atoms with Crippen LogP contribution < -0.4 is 0 Å². The van der Waals surface area contributed by atoms with Gasteiger partial charge in [-0.2, -0.15) is 0 Å². The normalized spacial score (nSPS) is 54.1. The van der Waals surface area contributed by atoms with Crippen LogP contribution in [0.4, 0.5) is 0 Å². The summed E-state index contributed by atoms with van der Waals surface area (Å²) >= 11 is 0. The van der Waals surface area contributed by atoms with Crippen LogP contribution in [0, 0.1) is 50.7 Å². The third-order valence-corrected chi connectivity index (χ3v) is 12.4. The van der Waals surface area contributed by atoms with E-state index in [4.69, 9.17) is 0 Å². The molecule has 0 aliphatic heterocycles. The molecule has 1 heteroatoms. The van der Waals surface area contributed by atoms with Crippen molar-refractivity contribution in [2.24, 2.45) is 50.7 Å². The molecule has 0 spiro atoms. The van der Waals surface area contributed by atoms with Gasteiger partial charge in [0.15, 0.2) is 0 Å². The monoisotopic (exact) mass is 412 g/mol. The van der Waals surface area contributed by atoms with Crippen molar-refractivity contribution in [3.8, 4) is 0 Å². The van der Waals surface area contributed by atoms with E-state index in [1.54, 1.807) is 0 Å². The highest BCUT2D eigenvalue weighted by atomic mass is 16.3. The predicted molar refractivity (Wildman–Crippen MR) is 126 cm³/mol. The van der Waals surface area contributed by atoms with Crippen LogP contribution in [0.15, 0.2) is 11.6 Å². The van der Waals surface area contributed by atoms with E-state index in [-0.39, 0.29) is 11.5 Å². The summed E-state index contributed by atoms with van der Waals surface area (Å²) in [4.78, 5) is 0. The Bertz CT molecular complexity index is 745. The van der Waals surface area contributed by atoms with E-state index in [0.29, 0.717) is 27.6 Å². The lowest BCUT2D eigenvalue weighted by Crippen LogP contribution is -2.63. The Labute approximate surface area is 186 Å². The SMILES string of the molecule is CC1(C)CCC2CCC3(C)C(=CCC4C5(C)CCC(O)C(C)(C)C5CCC43C)C2C1. The van der Waals surface area contributed by atoms with Crippen molar-refractivity contribution in [3.63, 3.8) is 0 Å². The van der Waals surface area contributed by atoms with Crippen LogP contribution in [0.3, 0.4) is 0 Å². The molecule has 0 heterocycles. The number of allylic oxidation sites excluding steroid dienone is 2. The lowest BCUT2D eigenvalue weighted by molar-refractivity contribution is -0.200. The topological polar surface area (TPSA) is 20.2 Å². The van der Waals surface area contributed by atoms with Gasteiger partial charge in [-0.1, -0.05) is 60.1 Å². The van der Waals surface area contributed by atoms with Gasteiger partial charge in [-0.3, -0.25) is 0 Å². The number of fused-ring (bicyclic) bond motifs is 7. The molecule has 8 unspecified atom stereocenters. The second kappa shape index (κ2) is 6.39. The Kier molecular flexibility index (Phi) is 4.59. The van der Waals surface area contributed by atoms with Crippen molar-refractivity contribution in [1.29, 1.82) is 0 Å². The molecule has 1 N–H and O–H groups in total. The Balaban J connectivity index is 1.55. The largest absolute Gasteiger partial charge is 0.393 e. The van der Waals surface area contributed by atoms with Gasteiger partial charge in [-0.05, 0) is 115 Å². The maximum Gasteiger partial charge on any atom is 0.0594 e. The number of hydrogen-bond acceptors (Lipinski definition) is 1. The molecule has 30 heavy (non-hydrogen) atoms. The van der Waals surface area contributed by atoms with E-state index < -0.39 is 0 Å². The van der Waals surface area contributed by atoms with Gasteiger partial charge in [-0.15, -0.1) is 0 Å². The molecule has 0 aromatic carbocycles. The molecule has 0 radical (unpaired) electrons. The third kappa shape index (κ3) is 2.63. The predicted octanol–water partition coefficient (Wildman–Crippen LogP) is 7.78. The highest BCUT2D eigenvalue weighted by Gasteiger charge is 2.66. The Morgan fingerprint density at radius 2 is 1.50 bits per heavy atom. The fourth-order valence-corrected chi connectivity index (χ4v) is 10.3. The number of rotatable bonds is 0. The van der Waals surface area contributed by atoms with Crippen LogP contribution in [-0.2, 0) is 0 Å². The van der Waals surface area contributed by atoms with Crippen molar-refractivity contribution in [2.75, 3.05) is 0 Å². The minimum Gasteiger partial charge on any atom is -0.393 e. The van der Waals surface area contributed by atoms with Gasteiger partial charge in [0.25, 0.3) is 0 Å². The lowest BCUT2D eigenvalue weighted by atomic mass is 9.34. The zero-order chi connectivity index (χ0) is 21.7. The first-order valence-electron chi connectivity index (χ1n) is 13.2. The number of hydrogen-bond donors (Lipinski definition) is 1. The van der Waals surface area contributed by atoms with Crippen molar-refractivity contribution >= 4 is 0 Å². The summed E-state index contributed by atoms with van der Waals surface area (Å²) in [5, 5.41) is 10.9. The average Bonchev–Trinajstić information content (AvgIpc) is 2.65. The standard InChI is InChI=1S/C29H48O/c1-25(2)14-10-19-11-16-28(6)21(20(19)18-25)8-9-23-27(5)15-13-24(30)26(3,4)22(27)12-17-29(23,28)7/h8,19-20,22-24,30H,9-18H2,1-7H3. The molecule has 0 amide bonds. The van der Waals surface area contributed by atoms with Crippen molar-refractivity contribution < 1.29 is 5.11 Å². The fraction of sp³-hybridized carbons (Fsp3) is 0.931. The fourth-order valence-electron chi connectivity index (χ4n) is 10.3. The van der Waals surface area contributed by atoms with Gasteiger partial charge >= 0.3 is 0 Å². The molecule has 0 bridgehead atoms. The zero-order valence-corrected chi connectivity index (χ0v) is 21.0. The molecule has 8 atom stereocenters. The maximum atomic E-state index is 10.9. The van der Waals surface area contributed by atoms with Gasteiger partial charge in [0.2, 0.25) is 0 Å². The van der Waals surface area contributed by atoms with Gasteiger partial charge in [0, 0.05) is 0 Å². The van der Waals surface area contributed by atoms with Gasteiger partial charge in [-0.25, -0.2) is 0 Å². The van der Waals surface area contributed by atoms with E-state index in [2.05, 4.69) is 54.5 Å². The summed E-state index contributed by atoms with van der Waals surface area (Å²) in [6.07, 6.45) is 16.0. The summed E-state index contributed by atoms with van der Waals surface area (Å²) < 4.78 is 0. The van der Waals surface area contributed by atoms with Crippen molar-refractivity contribution in [1.82, 2.24) is 0 Å². The van der Waals surface area contributed by atoms with E-state index in [0.717, 1.165) is 24.2 Å². The Hall–Kier alpha value is -0.300. The molecule has 5 aliphatic rings. The lowest BCUT2D eigenvalue weighted by Gasteiger charge is -2.70. The second-order valence-corrected chi connectivity index (χ2v) is 14.5. The van der Waals surface area contributed by atoms with E-state index >= 15 is 0 Å². The van der Waals surface area contributed by atoms with E-state index in [1.165, 1.54) is 57.8 Å². The smallest absolute Gasteiger partial charge is 0.0594 e. The molecule has 0 saturated heterocycles. The van der Waals surface area contributed by atoms with Gasteiger partial charge in [0.05, 0.1) is 6.10 Å². The minimum atomic E-state index is -0.120. The summed E-state index contributed by atoms with van der Waals surface area (Å²) in [6.45, 7) is 17.8. The van der Waals surface area contributed by atoms with Gasteiger partial charge < -0.3 is 5.11 Å². The molecule has 0 aromatic rings. The van der Waals surface area contributed by atoms with Crippen LogP contribution in [0.1, 0.15) is 113 Å². The van der Waals surface area contributed by atoms with Crippen molar-refractivity contribution in [3.05, 3.63) is 11.6 Å². The number of aliphatic hydroxyl groups excluding tert-OH is 1. The first-order valence-corrected chi connectivity index (χ1v) is 13.2. The molecule has 5 aliphatic carbocycles. The molecule has 170 valence electrons. The molecule has 4 fully saturated rings. The summed E-state index contributed by atoms with van der Waals surface area (Å²) in [6, 6.07) is 0. The Morgan fingerprint density at radius 3 is 2.23 bits per heavy atom. The third-order valence-electron chi connectivity index (χ3n) is 12.4. The summed E-state index contributed by atoms with van der Waals surface area (Å²) in [5.74, 6) is 3.24. The van der Waals surface area contributed by atoms with Crippen LogP contribution >= 0.6 is 0 Å². The summed E-state index contributed by atoms with van der Waals surface area (Å²) in [5.41, 5.74) is 3.66. The quantitative estimate of drug-likeness (QED) is 0.403. The maximum absolute atomic E-state index is 10.9. The molecular weight excluding hydrogens is 364 g/mol. The first kappa shape index (κ1) is 21.5. The molecule has 1 nitrogen and oxygen atoms in total. The van der Waals surface area contributed by atoms with E-state index in [1.807, 2.05) is 5.57 Å². The van der Waals surface area contributed by atoms with Crippen molar-refractivity contribution in [2.45, 2.75) is 119 Å². The molecule has 5 rings (SSSR count). The summed E-state index contributed by atoms with van der Waals surface area (Å²) in [7, 11) is 0. The second-order valence-electron chi connectivity index (χ2n) is 14.5. The highest BCUT2D eigenvalue weighted by Crippen LogP contribution is 2.74. The molecular formula is C29H48O. The van der Waals surface area contributed by atoms with Crippen LogP contribution in [-0.4, -0.2) is 11.2 Å². The Morgan fingerprint density at radius 1 is 0.800 bits per heavy atom. The van der Waals surface area contributed by atoms with Crippen LogP contribution in [0.2, 0.25) is 0 Å². The van der Waals surface area contributed by atoms with Crippen LogP contribution in [0.5, 0.6) is 0 Å². The first-order chi connectivity index (χ1) is 13.9. The highest BCUT2D eigenvalue weighted by molar-refractivity contribution is 5.32. The van der Waals surface area contributed by atoms with E-state index in [9.17, 15) is 5.11 Å². The minimum absolute atomic E-state index is 0.0598. The molecule has 4 saturated carbocycles. The van der Waals surface area contributed by atoms with Crippen LogP contribution in [0.25, 0.3) is 0 Å². The average molecular weight is 413 g/mol.